The normalized spacial score (nSPS) is 9.44. The fourth-order valence-electron chi connectivity index (χ4n) is 1.33. The number of rotatable bonds is 4. The molecule has 0 atom stereocenters. The summed E-state index contributed by atoms with van der Waals surface area (Å²) in [7, 11) is 0. The van der Waals surface area contributed by atoms with E-state index in [0.717, 1.165) is 12.8 Å². The summed E-state index contributed by atoms with van der Waals surface area (Å²) in [6, 6.07) is 4.49. The summed E-state index contributed by atoms with van der Waals surface area (Å²) in [5.41, 5.74) is 0.911. The molecule has 0 radical (unpaired) electrons. The van der Waals surface area contributed by atoms with Crippen LogP contribution < -0.4 is 0 Å². The van der Waals surface area contributed by atoms with E-state index in [1.54, 1.807) is 6.07 Å². The van der Waals surface area contributed by atoms with Crippen LogP contribution in [0, 0.1) is 11.8 Å². The molecule has 1 N–H and O–H groups in total. The van der Waals surface area contributed by atoms with Crippen molar-refractivity contribution in [2.45, 2.75) is 19.8 Å². The Hall–Kier alpha value is -1.22. The molecule has 0 saturated carbocycles. The Morgan fingerprint density at radius 1 is 1.50 bits per heavy atom. The Kier molecular flexibility index (Phi) is 6.58. The molecule has 0 unspecified atom stereocenters. The maximum atomic E-state index is 11.8. The Morgan fingerprint density at radius 2 is 2.28 bits per heavy atom. The highest BCUT2D eigenvalue weighted by atomic mass is 127. The lowest BCUT2D eigenvalue weighted by Gasteiger charge is -2.06. The van der Waals surface area contributed by atoms with Gasteiger partial charge in [0.2, 0.25) is 0 Å². The smallest absolute Gasteiger partial charge is 0.339 e. The van der Waals surface area contributed by atoms with Crippen molar-refractivity contribution in [1.29, 1.82) is 0 Å². The SMILES string of the molecule is CCCCOC(=O)c1ccc(O)cc1C#CCI. The number of hydrogen-bond acceptors (Lipinski definition) is 3. The number of aromatic hydroxyl groups is 1. The van der Waals surface area contributed by atoms with E-state index < -0.39 is 0 Å². The van der Waals surface area contributed by atoms with Gasteiger partial charge in [-0.3, -0.25) is 0 Å². The fourth-order valence-corrected chi connectivity index (χ4v) is 1.52. The van der Waals surface area contributed by atoms with Gasteiger partial charge >= 0.3 is 5.97 Å². The highest BCUT2D eigenvalue weighted by Gasteiger charge is 2.12. The molecule has 0 saturated heterocycles. The molecule has 0 spiro atoms. The summed E-state index contributed by atoms with van der Waals surface area (Å²) in [6.07, 6.45) is 1.82. The molecule has 0 amide bonds. The molecule has 0 aliphatic heterocycles. The summed E-state index contributed by atoms with van der Waals surface area (Å²) in [4.78, 5) is 11.8. The average molecular weight is 358 g/mol. The molecule has 0 bridgehead atoms. The van der Waals surface area contributed by atoms with Crippen LogP contribution in [0.4, 0.5) is 0 Å². The lowest BCUT2D eigenvalue weighted by molar-refractivity contribution is 0.0499. The number of carbonyl (C=O) groups is 1. The third-order valence-corrected chi connectivity index (χ3v) is 2.63. The van der Waals surface area contributed by atoms with Crippen molar-refractivity contribution >= 4 is 28.6 Å². The van der Waals surface area contributed by atoms with Crippen LogP contribution in [0.2, 0.25) is 0 Å². The molecule has 18 heavy (non-hydrogen) atoms. The number of ether oxygens (including phenoxy) is 1. The maximum absolute atomic E-state index is 11.8. The minimum absolute atomic E-state index is 0.0952. The Labute approximate surface area is 121 Å². The molecule has 1 rings (SSSR count). The zero-order valence-electron chi connectivity index (χ0n) is 10.2. The highest BCUT2D eigenvalue weighted by molar-refractivity contribution is 14.1. The third kappa shape index (κ3) is 4.57. The quantitative estimate of drug-likeness (QED) is 0.296. The molecular weight excluding hydrogens is 343 g/mol. The van der Waals surface area contributed by atoms with Gasteiger partial charge in [0, 0.05) is 5.56 Å². The van der Waals surface area contributed by atoms with Gasteiger partial charge in [-0.1, -0.05) is 47.8 Å². The molecule has 3 nitrogen and oxygen atoms in total. The van der Waals surface area contributed by atoms with Crippen LogP contribution in [0.25, 0.3) is 0 Å². The first kappa shape index (κ1) is 14.8. The fraction of sp³-hybridized carbons (Fsp3) is 0.357. The van der Waals surface area contributed by atoms with E-state index in [4.69, 9.17) is 4.74 Å². The van der Waals surface area contributed by atoms with E-state index in [9.17, 15) is 9.90 Å². The average Bonchev–Trinajstić information content (AvgIpc) is 2.36. The minimum atomic E-state index is -0.388. The van der Waals surface area contributed by atoms with E-state index >= 15 is 0 Å². The second kappa shape index (κ2) is 7.98. The second-order valence-corrected chi connectivity index (χ2v) is 4.42. The van der Waals surface area contributed by atoms with Gasteiger partial charge in [0.05, 0.1) is 16.6 Å². The van der Waals surface area contributed by atoms with Crippen molar-refractivity contribution < 1.29 is 14.6 Å². The number of benzene rings is 1. The van der Waals surface area contributed by atoms with Crippen LogP contribution >= 0.6 is 22.6 Å². The van der Waals surface area contributed by atoms with Crippen LogP contribution in [0.5, 0.6) is 5.75 Å². The predicted octanol–water partition coefficient (Wildman–Crippen LogP) is 3.14. The van der Waals surface area contributed by atoms with E-state index in [0.29, 0.717) is 22.2 Å². The second-order valence-electron chi connectivity index (χ2n) is 3.65. The van der Waals surface area contributed by atoms with Gasteiger partial charge in [-0.2, -0.15) is 0 Å². The first-order valence-electron chi connectivity index (χ1n) is 5.74. The molecule has 4 heteroatoms. The van der Waals surface area contributed by atoms with Gasteiger partial charge in [-0.05, 0) is 24.6 Å². The lowest BCUT2D eigenvalue weighted by Crippen LogP contribution is -2.08. The Balaban J connectivity index is 2.89. The molecule has 1 aromatic rings. The largest absolute Gasteiger partial charge is 0.508 e. The highest BCUT2D eigenvalue weighted by Crippen LogP contribution is 2.17. The number of esters is 1. The zero-order chi connectivity index (χ0) is 13.4. The number of hydrogen-bond donors (Lipinski definition) is 1. The number of unbranched alkanes of at least 4 members (excludes halogenated alkanes) is 1. The monoisotopic (exact) mass is 358 g/mol. The van der Waals surface area contributed by atoms with Gasteiger partial charge in [-0.15, -0.1) is 0 Å². The van der Waals surface area contributed by atoms with Crippen LogP contribution in [0.1, 0.15) is 35.7 Å². The summed E-state index contributed by atoms with van der Waals surface area (Å²) in [6.45, 7) is 2.45. The van der Waals surface area contributed by atoms with Crippen molar-refractivity contribution in [3.8, 4) is 17.6 Å². The molecule has 0 aliphatic carbocycles. The van der Waals surface area contributed by atoms with Gasteiger partial charge in [0.1, 0.15) is 5.75 Å². The number of halogens is 1. The number of carbonyl (C=O) groups excluding carboxylic acids is 1. The third-order valence-electron chi connectivity index (χ3n) is 2.24. The van der Waals surface area contributed by atoms with Crippen LogP contribution in [0.15, 0.2) is 18.2 Å². The predicted molar refractivity (Wildman–Crippen MR) is 79.1 cm³/mol. The summed E-state index contributed by atoms with van der Waals surface area (Å²) < 4.78 is 5.80. The molecule has 96 valence electrons. The van der Waals surface area contributed by atoms with Crippen molar-refractivity contribution in [3.63, 3.8) is 0 Å². The van der Waals surface area contributed by atoms with Crippen molar-refractivity contribution in [2.24, 2.45) is 0 Å². The van der Waals surface area contributed by atoms with Gasteiger partial charge < -0.3 is 9.84 Å². The summed E-state index contributed by atoms with van der Waals surface area (Å²) in [5, 5.41) is 9.41. The molecule has 0 aliphatic rings. The van der Waals surface area contributed by atoms with Crippen LogP contribution in [-0.2, 0) is 4.74 Å². The molecular formula is C14H15IO3. The van der Waals surface area contributed by atoms with E-state index in [2.05, 4.69) is 34.4 Å². The maximum Gasteiger partial charge on any atom is 0.339 e. The number of alkyl halides is 1. The lowest BCUT2D eigenvalue weighted by atomic mass is 10.1. The molecule has 1 aromatic carbocycles. The van der Waals surface area contributed by atoms with E-state index in [1.807, 2.05) is 6.92 Å². The molecule has 0 heterocycles. The van der Waals surface area contributed by atoms with Gasteiger partial charge in [-0.25, -0.2) is 4.79 Å². The zero-order valence-corrected chi connectivity index (χ0v) is 12.4. The molecule has 0 fully saturated rings. The molecule has 0 aromatic heterocycles. The van der Waals surface area contributed by atoms with Gasteiger partial charge in [0.25, 0.3) is 0 Å². The number of phenolic OH excluding ortho intramolecular Hbond substituents is 1. The van der Waals surface area contributed by atoms with Crippen molar-refractivity contribution in [2.75, 3.05) is 11.0 Å². The first-order valence-corrected chi connectivity index (χ1v) is 7.26. The summed E-state index contributed by atoms with van der Waals surface area (Å²) >= 11 is 2.13. The Bertz CT molecular complexity index is 472. The first-order chi connectivity index (χ1) is 8.69. The van der Waals surface area contributed by atoms with E-state index in [-0.39, 0.29) is 11.7 Å². The van der Waals surface area contributed by atoms with Gasteiger partial charge in [0.15, 0.2) is 0 Å². The Morgan fingerprint density at radius 3 is 2.94 bits per heavy atom. The van der Waals surface area contributed by atoms with Crippen molar-refractivity contribution in [1.82, 2.24) is 0 Å². The van der Waals surface area contributed by atoms with E-state index in [1.165, 1.54) is 12.1 Å². The van der Waals surface area contributed by atoms with Crippen LogP contribution in [0.3, 0.4) is 0 Å². The van der Waals surface area contributed by atoms with Crippen LogP contribution in [-0.4, -0.2) is 22.1 Å². The minimum Gasteiger partial charge on any atom is -0.508 e. The summed E-state index contributed by atoms with van der Waals surface area (Å²) in [5.74, 6) is 5.44. The topological polar surface area (TPSA) is 46.5 Å². The number of phenols is 1. The standard InChI is InChI=1S/C14H15IO3/c1-2-3-9-18-14(17)13-7-6-12(16)10-11(13)5-4-8-15/h6-7,10,16H,2-3,8-9H2,1H3. The van der Waals surface area contributed by atoms with Crippen molar-refractivity contribution in [3.05, 3.63) is 29.3 Å².